The third-order valence-electron chi connectivity index (χ3n) is 4.08. The van der Waals surface area contributed by atoms with Crippen molar-refractivity contribution in [2.24, 2.45) is 0 Å². The van der Waals surface area contributed by atoms with Gasteiger partial charge < -0.3 is 5.11 Å². The van der Waals surface area contributed by atoms with Gasteiger partial charge in [-0.25, -0.2) is 4.79 Å². The molecule has 0 aliphatic carbocycles. The Kier molecular flexibility index (Phi) is 11.2. The molecule has 0 rings (SSSR count). The van der Waals surface area contributed by atoms with Crippen molar-refractivity contribution >= 4 is 11.8 Å². The van der Waals surface area contributed by atoms with Gasteiger partial charge in [0.05, 0.1) is 0 Å². The second-order valence-electron chi connectivity index (χ2n) is 5.92. The molecular formula is C17H33NO3. The number of unbranched alkanes of at least 4 members (excludes halogenated alkanes) is 7. The van der Waals surface area contributed by atoms with E-state index in [1.54, 1.807) is 0 Å². The molecule has 0 aromatic heterocycles. The van der Waals surface area contributed by atoms with Crippen LogP contribution in [-0.4, -0.2) is 28.9 Å². The summed E-state index contributed by atoms with van der Waals surface area (Å²) >= 11 is 0. The minimum Gasteiger partial charge on any atom is -0.480 e. The Morgan fingerprint density at radius 2 is 1.43 bits per heavy atom. The maximum absolute atomic E-state index is 11.8. The smallest absolute Gasteiger partial charge is 0.331 e. The van der Waals surface area contributed by atoms with Crippen LogP contribution in [0.4, 0.5) is 0 Å². The Bertz CT molecular complexity index is 288. The Hall–Kier alpha value is -0.900. The SMILES string of the molecule is CCCCCCCCCNC(CCCC)(C(C)=O)C(=O)O. The van der Waals surface area contributed by atoms with Gasteiger partial charge in [0.25, 0.3) is 0 Å². The fourth-order valence-electron chi connectivity index (χ4n) is 2.55. The number of carboxylic acid groups (broad SMARTS) is 1. The molecule has 4 heteroatoms. The summed E-state index contributed by atoms with van der Waals surface area (Å²) in [5.74, 6) is -1.32. The summed E-state index contributed by atoms with van der Waals surface area (Å²) in [6, 6.07) is 0. The number of carbonyl (C=O) groups is 2. The minimum absolute atomic E-state index is 0.286. The quantitative estimate of drug-likeness (QED) is 0.377. The lowest BCUT2D eigenvalue weighted by Gasteiger charge is -2.28. The molecule has 0 fully saturated rings. The van der Waals surface area contributed by atoms with E-state index in [-0.39, 0.29) is 5.78 Å². The molecule has 0 aromatic rings. The van der Waals surface area contributed by atoms with Crippen molar-refractivity contribution in [2.75, 3.05) is 6.54 Å². The lowest BCUT2D eigenvalue weighted by Crippen LogP contribution is -2.57. The van der Waals surface area contributed by atoms with Crippen molar-refractivity contribution in [2.45, 2.75) is 90.5 Å². The molecule has 2 N–H and O–H groups in total. The number of aliphatic carboxylic acids is 1. The predicted molar refractivity (Wildman–Crippen MR) is 86.6 cm³/mol. The molecule has 0 saturated carbocycles. The van der Waals surface area contributed by atoms with Crippen molar-refractivity contribution in [1.82, 2.24) is 5.32 Å². The number of Topliss-reactive ketones (excluding diaryl/α,β-unsaturated/α-hetero) is 1. The molecule has 4 nitrogen and oxygen atoms in total. The summed E-state index contributed by atoms with van der Waals surface area (Å²) in [6.45, 7) is 6.18. The molecule has 21 heavy (non-hydrogen) atoms. The highest BCUT2D eigenvalue weighted by molar-refractivity contribution is 6.06. The van der Waals surface area contributed by atoms with Crippen LogP contribution in [0, 0.1) is 0 Å². The van der Waals surface area contributed by atoms with Gasteiger partial charge in [-0.05, 0) is 26.3 Å². The molecule has 0 amide bonds. The molecular weight excluding hydrogens is 266 g/mol. The first-order chi connectivity index (χ1) is 10.0. The van der Waals surface area contributed by atoms with E-state index in [0.29, 0.717) is 13.0 Å². The average Bonchev–Trinajstić information content (AvgIpc) is 2.44. The third kappa shape index (κ3) is 7.60. The molecule has 1 unspecified atom stereocenters. The first-order valence-corrected chi connectivity index (χ1v) is 8.50. The fourth-order valence-corrected chi connectivity index (χ4v) is 2.55. The lowest BCUT2D eigenvalue weighted by atomic mass is 9.88. The van der Waals surface area contributed by atoms with E-state index in [1.165, 1.54) is 39.0 Å². The van der Waals surface area contributed by atoms with Gasteiger partial charge in [0.1, 0.15) is 0 Å². The van der Waals surface area contributed by atoms with Crippen LogP contribution in [0.15, 0.2) is 0 Å². The molecule has 0 heterocycles. The zero-order valence-corrected chi connectivity index (χ0v) is 14.0. The van der Waals surface area contributed by atoms with E-state index >= 15 is 0 Å². The maximum Gasteiger partial charge on any atom is 0.331 e. The Balaban J connectivity index is 4.12. The second-order valence-corrected chi connectivity index (χ2v) is 5.92. The average molecular weight is 299 g/mol. The predicted octanol–water partition coefficient (Wildman–Crippen LogP) is 3.93. The van der Waals surface area contributed by atoms with E-state index in [4.69, 9.17) is 0 Å². The van der Waals surface area contributed by atoms with Crippen LogP contribution < -0.4 is 5.32 Å². The van der Waals surface area contributed by atoms with E-state index in [1.807, 2.05) is 6.92 Å². The van der Waals surface area contributed by atoms with Gasteiger partial charge in [0.2, 0.25) is 0 Å². The van der Waals surface area contributed by atoms with Crippen LogP contribution in [0.2, 0.25) is 0 Å². The molecule has 0 aromatic carbocycles. The number of hydrogen-bond acceptors (Lipinski definition) is 3. The summed E-state index contributed by atoms with van der Waals surface area (Å²) in [5, 5.41) is 12.5. The number of rotatable bonds is 14. The number of carboxylic acids is 1. The van der Waals surface area contributed by atoms with Crippen molar-refractivity contribution < 1.29 is 14.7 Å². The minimum atomic E-state index is -1.38. The van der Waals surface area contributed by atoms with Crippen molar-refractivity contribution in [3.8, 4) is 0 Å². The molecule has 124 valence electrons. The van der Waals surface area contributed by atoms with Gasteiger partial charge in [-0.1, -0.05) is 65.2 Å². The third-order valence-corrected chi connectivity index (χ3v) is 4.08. The monoisotopic (exact) mass is 299 g/mol. The summed E-state index contributed by atoms with van der Waals surface area (Å²) in [5.41, 5.74) is -1.38. The van der Waals surface area contributed by atoms with Crippen LogP contribution >= 0.6 is 0 Å². The van der Waals surface area contributed by atoms with Crippen LogP contribution in [0.1, 0.15) is 85.0 Å². The van der Waals surface area contributed by atoms with Gasteiger partial charge in [0.15, 0.2) is 11.3 Å². The topological polar surface area (TPSA) is 66.4 Å². The normalized spacial score (nSPS) is 13.9. The molecule has 0 saturated heterocycles. The zero-order chi connectivity index (χ0) is 16.1. The summed E-state index contributed by atoms with van der Waals surface area (Å²) in [7, 11) is 0. The largest absolute Gasteiger partial charge is 0.480 e. The van der Waals surface area contributed by atoms with Crippen molar-refractivity contribution in [3.05, 3.63) is 0 Å². The highest BCUT2D eigenvalue weighted by Gasteiger charge is 2.42. The lowest BCUT2D eigenvalue weighted by molar-refractivity contribution is -0.150. The van der Waals surface area contributed by atoms with Gasteiger partial charge in [0, 0.05) is 0 Å². The van der Waals surface area contributed by atoms with E-state index in [0.717, 1.165) is 25.7 Å². The number of carbonyl (C=O) groups excluding carboxylic acids is 1. The Morgan fingerprint density at radius 3 is 1.90 bits per heavy atom. The summed E-state index contributed by atoms with van der Waals surface area (Å²) < 4.78 is 0. The summed E-state index contributed by atoms with van der Waals surface area (Å²) in [4.78, 5) is 23.3. The molecule has 0 radical (unpaired) electrons. The van der Waals surface area contributed by atoms with Crippen LogP contribution in [-0.2, 0) is 9.59 Å². The van der Waals surface area contributed by atoms with Crippen LogP contribution in [0.25, 0.3) is 0 Å². The zero-order valence-electron chi connectivity index (χ0n) is 14.0. The maximum atomic E-state index is 11.8. The van der Waals surface area contributed by atoms with Gasteiger partial charge in [-0.3, -0.25) is 10.1 Å². The van der Waals surface area contributed by atoms with E-state index in [2.05, 4.69) is 12.2 Å². The van der Waals surface area contributed by atoms with Gasteiger partial charge >= 0.3 is 5.97 Å². The molecule has 0 aliphatic rings. The number of hydrogen-bond donors (Lipinski definition) is 2. The van der Waals surface area contributed by atoms with Gasteiger partial charge in [-0.2, -0.15) is 0 Å². The molecule has 0 spiro atoms. The van der Waals surface area contributed by atoms with E-state index in [9.17, 15) is 14.7 Å². The van der Waals surface area contributed by atoms with Crippen molar-refractivity contribution in [1.29, 1.82) is 0 Å². The van der Waals surface area contributed by atoms with Crippen LogP contribution in [0.5, 0.6) is 0 Å². The fraction of sp³-hybridized carbons (Fsp3) is 0.882. The first-order valence-electron chi connectivity index (χ1n) is 8.50. The number of ketones is 1. The molecule has 1 atom stereocenters. The van der Waals surface area contributed by atoms with E-state index < -0.39 is 11.5 Å². The Morgan fingerprint density at radius 1 is 0.905 bits per heavy atom. The highest BCUT2D eigenvalue weighted by atomic mass is 16.4. The van der Waals surface area contributed by atoms with Crippen LogP contribution in [0.3, 0.4) is 0 Å². The standard InChI is InChI=1S/C17H33NO3/c1-4-6-8-9-10-11-12-14-18-17(15(3)19,16(20)21)13-7-5-2/h18H,4-14H2,1-3H3,(H,20,21). The van der Waals surface area contributed by atoms with Crippen molar-refractivity contribution in [3.63, 3.8) is 0 Å². The first kappa shape index (κ1) is 20.1. The highest BCUT2D eigenvalue weighted by Crippen LogP contribution is 2.17. The molecule has 0 bridgehead atoms. The number of nitrogens with one attached hydrogen (secondary N) is 1. The second kappa shape index (κ2) is 11.7. The molecule has 0 aliphatic heterocycles. The Labute approximate surface area is 129 Å². The van der Waals surface area contributed by atoms with Gasteiger partial charge in [-0.15, -0.1) is 0 Å². The summed E-state index contributed by atoms with van der Waals surface area (Å²) in [6.07, 6.45) is 10.3.